The molecule has 3 nitrogen and oxygen atoms in total. The van der Waals surface area contributed by atoms with Crippen LogP contribution in [-0.2, 0) is 4.84 Å². The van der Waals surface area contributed by atoms with Gasteiger partial charge in [0.25, 0.3) is 0 Å². The third kappa shape index (κ3) is 4.33. The molecule has 1 aromatic rings. The maximum Gasteiger partial charge on any atom is 0.147 e. The van der Waals surface area contributed by atoms with Crippen molar-refractivity contribution in [2.24, 2.45) is 0 Å². The summed E-state index contributed by atoms with van der Waals surface area (Å²) in [5.74, 6) is 0.785. The molecule has 0 aromatic heterocycles. The van der Waals surface area contributed by atoms with E-state index in [4.69, 9.17) is 9.57 Å². The maximum atomic E-state index is 5.68. The third-order valence-corrected chi connectivity index (χ3v) is 3.40. The lowest BCUT2D eigenvalue weighted by atomic mass is 10.3. The molecule has 0 aliphatic rings. The number of rotatable bonds is 5. The summed E-state index contributed by atoms with van der Waals surface area (Å²) in [4.78, 5) is 4.81. The van der Waals surface area contributed by atoms with Crippen molar-refractivity contribution in [3.05, 3.63) is 25.6 Å². The normalized spacial score (nSPS) is 12.6. The summed E-state index contributed by atoms with van der Waals surface area (Å²) >= 11 is 10.3. The molecule has 0 saturated carbocycles. The van der Waals surface area contributed by atoms with Crippen LogP contribution in [0, 0.1) is 0 Å². The molecule has 0 saturated heterocycles. The number of nitrogens with one attached hydrogen (secondary N) is 1. The van der Waals surface area contributed by atoms with Crippen LogP contribution in [0.4, 0.5) is 0 Å². The minimum atomic E-state index is 0.118. The van der Waals surface area contributed by atoms with Crippen molar-refractivity contribution in [1.29, 1.82) is 0 Å². The van der Waals surface area contributed by atoms with Crippen LogP contribution >= 0.6 is 47.8 Å². The molecule has 0 spiro atoms. The van der Waals surface area contributed by atoms with Gasteiger partial charge in [-0.25, -0.2) is 0 Å². The summed E-state index contributed by atoms with van der Waals surface area (Å²) in [5.41, 5.74) is 2.80. The van der Waals surface area contributed by atoms with Crippen LogP contribution in [0.25, 0.3) is 0 Å². The molecule has 1 N–H and O–H groups in total. The Morgan fingerprint density at radius 3 is 2.31 bits per heavy atom. The van der Waals surface area contributed by atoms with Gasteiger partial charge >= 0.3 is 0 Å². The summed E-state index contributed by atoms with van der Waals surface area (Å²) in [6.45, 7) is 2.50. The van der Waals surface area contributed by atoms with E-state index in [1.165, 1.54) is 0 Å². The third-order valence-electron chi connectivity index (χ3n) is 1.76. The van der Waals surface area contributed by atoms with E-state index in [2.05, 4.69) is 53.3 Å². The molecule has 16 heavy (non-hydrogen) atoms. The first kappa shape index (κ1) is 14.4. The zero-order chi connectivity index (χ0) is 12.1. The topological polar surface area (TPSA) is 30.5 Å². The van der Waals surface area contributed by atoms with Crippen LogP contribution in [0.3, 0.4) is 0 Å². The molecule has 1 aromatic carbocycles. The second-order valence-corrected chi connectivity index (χ2v) is 5.86. The summed E-state index contributed by atoms with van der Waals surface area (Å²) in [6.07, 6.45) is 0. The zero-order valence-electron chi connectivity index (χ0n) is 8.89. The van der Waals surface area contributed by atoms with Crippen LogP contribution in [-0.4, -0.2) is 19.8 Å². The van der Waals surface area contributed by atoms with Crippen LogP contribution in [0.2, 0.25) is 0 Å². The van der Waals surface area contributed by atoms with E-state index in [-0.39, 0.29) is 6.04 Å². The van der Waals surface area contributed by atoms with Gasteiger partial charge in [0.1, 0.15) is 12.4 Å². The minimum Gasteiger partial charge on any atom is -0.490 e. The Bertz CT molecular complexity index is 337. The van der Waals surface area contributed by atoms with Crippen molar-refractivity contribution < 1.29 is 9.57 Å². The summed E-state index contributed by atoms with van der Waals surface area (Å²) in [7, 11) is 1.59. The fraction of sp³-hybridized carbons (Fsp3) is 0.400. The van der Waals surface area contributed by atoms with Crippen LogP contribution in [0.15, 0.2) is 25.6 Å². The van der Waals surface area contributed by atoms with Crippen LogP contribution in [0.1, 0.15) is 6.92 Å². The van der Waals surface area contributed by atoms with Crippen LogP contribution < -0.4 is 10.2 Å². The molecule has 0 radical (unpaired) electrons. The first-order chi connectivity index (χ1) is 7.54. The van der Waals surface area contributed by atoms with Crippen molar-refractivity contribution in [2.75, 3.05) is 13.7 Å². The lowest BCUT2D eigenvalue weighted by Crippen LogP contribution is -2.30. The van der Waals surface area contributed by atoms with E-state index in [1.807, 2.05) is 19.1 Å². The monoisotopic (exact) mass is 415 g/mol. The molecule has 0 fully saturated rings. The second-order valence-electron chi connectivity index (χ2n) is 3.23. The van der Waals surface area contributed by atoms with Gasteiger partial charge in [-0.05, 0) is 50.9 Å². The highest BCUT2D eigenvalue weighted by Crippen LogP contribution is 2.36. The fourth-order valence-corrected chi connectivity index (χ4v) is 3.60. The SMILES string of the molecule is CONC(C)COc1c(Br)cc(Br)cc1Br. The highest BCUT2D eigenvalue weighted by atomic mass is 79.9. The van der Waals surface area contributed by atoms with E-state index in [0.29, 0.717) is 6.61 Å². The fourth-order valence-electron chi connectivity index (χ4n) is 1.11. The Labute approximate surface area is 120 Å². The Morgan fingerprint density at radius 2 is 1.81 bits per heavy atom. The molecule has 0 aliphatic carbocycles. The molecule has 90 valence electrons. The summed E-state index contributed by atoms with van der Waals surface area (Å²) < 4.78 is 8.47. The van der Waals surface area contributed by atoms with E-state index < -0.39 is 0 Å². The molecule has 1 unspecified atom stereocenters. The molecule has 0 aliphatic heterocycles. The predicted molar refractivity (Wildman–Crippen MR) is 74.6 cm³/mol. The van der Waals surface area contributed by atoms with Gasteiger partial charge in [0.05, 0.1) is 22.1 Å². The molecular formula is C10H12Br3NO2. The molecule has 0 heterocycles. The number of ether oxygens (including phenoxy) is 1. The highest BCUT2D eigenvalue weighted by Gasteiger charge is 2.10. The number of halogens is 3. The Morgan fingerprint density at radius 1 is 1.25 bits per heavy atom. The summed E-state index contributed by atoms with van der Waals surface area (Å²) in [5, 5.41) is 0. The Balaban J connectivity index is 2.67. The van der Waals surface area contributed by atoms with E-state index in [1.54, 1.807) is 7.11 Å². The van der Waals surface area contributed by atoms with E-state index >= 15 is 0 Å². The van der Waals surface area contributed by atoms with Crippen molar-refractivity contribution in [3.8, 4) is 5.75 Å². The lowest BCUT2D eigenvalue weighted by molar-refractivity contribution is 0.0500. The standard InChI is InChI=1S/C10H12Br3NO2/c1-6(14-15-2)5-16-10-8(12)3-7(11)4-9(10)13/h3-4,6,14H,5H2,1-2H3. The van der Waals surface area contributed by atoms with E-state index in [0.717, 1.165) is 19.2 Å². The van der Waals surface area contributed by atoms with Gasteiger partial charge in [0.2, 0.25) is 0 Å². The van der Waals surface area contributed by atoms with Gasteiger partial charge in [0.15, 0.2) is 0 Å². The Kier molecular flexibility index (Phi) is 6.28. The first-order valence-corrected chi connectivity index (χ1v) is 6.98. The lowest BCUT2D eigenvalue weighted by Gasteiger charge is -2.15. The van der Waals surface area contributed by atoms with Crippen molar-refractivity contribution in [2.45, 2.75) is 13.0 Å². The van der Waals surface area contributed by atoms with Crippen LogP contribution in [0.5, 0.6) is 5.75 Å². The molecule has 6 heteroatoms. The molecule has 1 rings (SSSR count). The smallest absolute Gasteiger partial charge is 0.147 e. The molecular weight excluding hydrogens is 406 g/mol. The van der Waals surface area contributed by atoms with Gasteiger partial charge in [0, 0.05) is 4.47 Å². The average molecular weight is 418 g/mol. The summed E-state index contributed by atoms with van der Waals surface area (Å²) in [6, 6.07) is 4.00. The average Bonchev–Trinajstić information content (AvgIpc) is 2.16. The largest absolute Gasteiger partial charge is 0.490 e. The number of hydroxylamine groups is 1. The quantitative estimate of drug-likeness (QED) is 0.737. The van der Waals surface area contributed by atoms with E-state index in [9.17, 15) is 0 Å². The highest BCUT2D eigenvalue weighted by molar-refractivity contribution is 9.11. The van der Waals surface area contributed by atoms with Gasteiger partial charge < -0.3 is 9.57 Å². The van der Waals surface area contributed by atoms with Crippen molar-refractivity contribution in [1.82, 2.24) is 5.48 Å². The van der Waals surface area contributed by atoms with Gasteiger partial charge in [-0.15, -0.1) is 0 Å². The first-order valence-electron chi connectivity index (χ1n) is 4.60. The molecule has 1 atom stereocenters. The Hall–Kier alpha value is 0.380. The maximum absolute atomic E-state index is 5.68. The van der Waals surface area contributed by atoms with Crippen molar-refractivity contribution >= 4 is 47.8 Å². The number of hydrogen-bond acceptors (Lipinski definition) is 3. The van der Waals surface area contributed by atoms with Gasteiger partial charge in [-0.2, -0.15) is 5.48 Å². The van der Waals surface area contributed by atoms with Crippen molar-refractivity contribution in [3.63, 3.8) is 0 Å². The van der Waals surface area contributed by atoms with Gasteiger partial charge in [-0.3, -0.25) is 0 Å². The minimum absolute atomic E-state index is 0.118. The second kappa shape index (κ2) is 6.96. The number of benzene rings is 1. The number of hydrogen-bond donors (Lipinski definition) is 1. The molecule has 0 amide bonds. The predicted octanol–water partition coefficient (Wildman–Crippen LogP) is 3.89. The zero-order valence-corrected chi connectivity index (χ0v) is 13.6. The van der Waals surface area contributed by atoms with Gasteiger partial charge in [-0.1, -0.05) is 15.9 Å². The molecule has 0 bridgehead atoms.